The van der Waals surface area contributed by atoms with Gasteiger partial charge in [-0.1, -0.05) is 18.6 Å². The minimum atomic E-state index is 0.205. The maximum atomic E-state index is 12.2. The molecule has 2 rings (SSSR count). The summed E-state index contributed by atoms with van der Waals surface area (Å²) in [5.41, 5.74) is 1.41. The lowest BCUT2D eigenvalue weighted by molar-refractivity contribution is -0.135. The fourth-order valence-electron chi connectivity index (χ4n) is 2.35. The van der Waals surface area contributed by atoms with E-state index in [1.54, 1.807) is 0 Å². The van der Waals surface area contributed by atoms with E-state index in [0.717, 1.165) is 32.6 Å². The molecule has 0 radical (unpaired) electrons. The van der Waals surface area contributed by atoms with Gasteiger partial charge < -0.3 is 10.2 Å². The Morgan fingerprint density at radius 2 is 2.33 bits per heavy atom. The van der Waals surface area contributed by atoms with Gasteiger partial charge in [-0.3, -0.25) is 4.79 Å². The number of hydrogen-bond acceptors (Lipinski definition) is 2. The van der Waals surface area contributed by atoms with Crippen molar-refractivity contribution in [2.45, 2.75) is 20.3 Å². The zero-order chi connectivity index (χ0) is 10.8. The normalized spacial score (nSPS) is 31.6. The van der Waals surface area contributed by atoms with Crippen molar-refractivity contribution in [1.29, 1.82) is 0 Å². The highest BCUT2D eigenvalue weighted by Gasteiger charge is 2.32. The summed E-state index contributed by atoms with van der Waals surface area (Å²) in [7, 11) is 0. The smallest absolute Gasteiger partial charge is 0.227 e. The van der Waals surface area contributed by atoms with Gasteiger partial charge in [-0.05, 0) is 25.8 Å². The van der Waals surface area contributed by atoms with Gasteiger partial charge in [-0.25, -0.2) is 0 Å². The molecular weight excluding hydrogens is 188 g/mol. The summed E-state index contributed by atoms with van der Waals surface area (Å²) in [5.74, 6) is 1.04. The molecule has 15 heavy (non-hydrogen) atoms. The summed E-state index contributed by atoms with van der Waals surface area (Å²) in [4.78, 5) is 14.2. The first-order chi connectivity index (χ1) is 7.18. The number of nitrogens with one attached hydrogen (secondary N) is 1. The Morgan fingerprint density at radius 1 is 1.53 bits per heavy atom. The van der Waals surface area contributed by atoms with Crippen LogP contribution in [-0.2, 0) is 4.79 Å². The van der Waals surface area contributed by atoms with E-state index in [1.165, 1.54) is 5.57 Å². The van der Waals surface area contributed by atoms with Gasteiger partial charge in [0.15, 0.2) is 0 Å². The maximum Gasteiger partial charge on any atom is 0.227 e. The average Bonchev–Trinajstić information content (AvgIpc) is 2.65. The lowest BCUT2D eigenvalue weighted by atomic mass is 9.96. The van der Waals surface area contributed by atoms with Crippen LogP contribution in [0.5, 0.6) is 0 Å². The van der Waals surface area contributed by atoms with Crippen LogP contribution in [0, 0.1) is 11.8 Å². The molecule has 0 saturated carbocycles. The number of carbonyl (C=O) groups is 1. The van der Waals surface area contributed by atoms with Gasteiger partial charge in [-0.2, -0.15) is 0 Å². The Labute approximate surface area is 91.5 Å². The van der Waals surface area contributed by atoms with Gasteiger partial charge in [0.05, 0.1) is 5.92 Å². The average molecular weight is 208 g/mol. The van der Waals surface area contributed by atoms with Crippen molar-refractivity contribution in [3.63, 3.8) is 0 Å². The Balaban J connectivity index is 1.96. The van der Waals surface area contributed by atoms with Crippen molar-refractivity contribution in [2.75, 3.05) is 26.2 Å². The van der Waals surface area contributed by atoms with Crippen LogP contribution in [0.4, 0.5) is 0 Å². The van der Waals surface area contributed by atoms with Crippen molar-refractivity contribution in [1.82, 2.24) is 10.2 Å². The summed E-state index contributed by atoms with van der Waals surface area (Å²) in [6.07, 6.45) is 3.22. The standard InChI is InChI=1S/C12H20N2O/c1-9-3-5-14(6-4-9)12(15)11-8-13-7-10(11)2/h3,10-11,13H,4-8H2,1-2H3. The predicted octanol–water partition coefficient (Wildman–Crippen LogP) is 1.02. The second kappa shape index (κ2) is 4.35. The number of amides is 1. The molecule has 2 aliphatic heterocycles. The minimum Gasteiger partial charge on any atom is -0.338 e. The molecule has 84 valence electrons. The topological polar surface area (TPSA) is 32.3 Å². The van der Waals surface area contributed by atoms with E-state index in [0.29, 0.717) is 11.8 Å². The monoisotopic (exact) mass is 208 g/mol. The molecule has 0 spiro atoms. The van der Waals surface area contributed by atoms with E-state index in [2.05, 4.69) is 25.2 Å². The van der Waals surface area contributed by atoms with Crippen LogP contribution in [-0.4, -0.2) is 37.0 Å². The molecule has 2 heterocycles. The van der Waals surface area contributed by atoms with Gasteiger partial charge in [0.1, 0.15) is 0 Å². The van der Waals surface area contributed by atoms with E-state index < -0.39 is 0 Å². The van der Waals surface area contributed by atoms with Crippen molar-refractivity contribution in [2.24, 2.45) is 11.8 Å². The summed E-state index contributed by atoms with van der Waals surface area (Å²) < 4.78 is 0. The van der Waals surface area contributed by atoms with Crippen LogP contribution in [0.15, 0.2) is 11.6 Å². The molecule has 1 N–H and O–H groups in total. The highest BCUT2D eigenvalue weighted by Crippen LogP contribution is 2.20. The Bertz CT molecular complexity index is 285. The van der Waals surface area contributed by atoms with Crippen LogP contribution in [0.1, 0.15) is 20.3 Å². The van der Waals surface area contributed by atoms with E-state index in [1.807, 2.05) is 4.90 Å². The first kappa shape index (κ1) is 10.7. The third-order valence-electron chi connectivity index (χ3n) is 3.58. The Kier molecular flexibility index (Phi) is 3.10. The fraction of sp³-hybridized carbons (Fsp3) is 0.750. The van der Waals surface area contributed by atoms with E-state index in [4.69, 9.17) is 0 Å². The van der Waals surface area contributed by atoms with Crippen molar-refractivity contribution < 1.29 is 4.79 Å². The first-order valence-electron chi connectivity index (χ1n) is 5.83. The fourth-order valence-corrected chi connectivity index (χ4v) is 2.35. The maximum absolute atomic E-state index is 12.2. The molecule has 1 saturated heterocycles. The highest BCUT2D eigenvalue weighted by molar-refractivity contribution is 5.80. The molecule has 1 fully saturated rings. The lowest BCUT2D eigenvalue weighted by Gasteiger charge is -2.29. The van der Waals surface area contributed by atoms with Crippen molar-refractivity contribution >= 4 is 5.91 Å². The third kappa shape index (κ3) is 2.23. The van der Waals surface area contributed by atoms with Gasteiger partial charge in [0.2, 0.25) is 5.91 Å². The Hall–Kier alpha value is -0.830. The Morgan fingerprint density at radius 3 is 2.87 bits per heavy atom. The third-order valence-corrected chi connectivity index (χ3v) is 3.58. The second-order valence-corrected chi connectivity index (χ2v) is 4.83. The number of hydrogen-bond donors (Lipinski definition) is 1. The summed E-state index contributed by atoms with van der Waals surface area (Å²) in [6, 6.07) is 0. The lowest BCUT2D eigenvalue weighted by Crippen LogP contribution is -2.41. The molecule has 3 nitrogen and oxygen atoms in total. The van der Waals surface area contributed by atoms with Crippen LogP contribution in [0.2, 0.25) is 0 Å². The quantitative estimate of drug-likeness (QED) is 0.653. The SMILES string of the molecule is CC1=CCN(C(=O)C2CNCC2C)CC1. The molecule has 0 aromatic heterocycles. The molecule has 0 aromatic rings. The summed E-state index contributed by atoms with van der Waals surface area (Å²) in [5, 5.41) is 3.29. The number of carbonyl (C=O) groups excluding carboxylic acids is 1. The predicted molar refractivity (Wildman–Crippen MR) is 60.5 cm³/mol. The highest BCUT2D eigenvalue weighted by atomic mass is 16.2. The minimum absolute atomic E-state index is 0.205. The zero-order valence-corrected chi connectivity index (χ0v) is 9.62. The molecule has 2 unspecified atom stereocenters. The van der Waals surface area contributed by atoms with Crippen LogP contribution in [0.3, 0.4) is 0 Å². The first-order valence-corrected chi connectivity index (χ1v) is 5.83. The number of rotatable bonds is 1. The zero-order valence-electron chi connectivity index (χ0n) is 9.62. The molecule has 2 aliphatic rings. The molecule has 0 aromatic carbocycles. The van der Waals surface area contributed by atoms with Crippen molar-refractivity contribution in [3.8, 4) is 0 Å². The van der Waals surface area contributed by atoms with Gasteiger partial charge in [0, 0.05) is 19.6 Å². The van der Waals surface area contributed by atoms with Crippen LogP contribution < -0.4 is 5.32 Å². The van der Waals surface area contributed by atoms with Gasteiger partial charge in [-0.15, -0.1) is 0 Å². The van der Waals surface area contributed by atoms with E-state index in [9.17, 15) is 4.79 Å². The molecular formula is C12H20N2O. The molecule has 2 atom stereocenters. The molecule has 3 heteroatoms. The number of nitrogens with zero attached hydrogens (tertiary/aromatic N) is 1. The second-order valence-electron chi connectivity index (χ2n) is 4.83. The van der Waals surface area contributed by atoms with Gasteiger partial charge in [0.25, 0.3) is 0 Å². The van der Waals surface area contributed by atoms with Crippen molar-refractivity contribution in [3.05, 3.63) is 11.6 Å². The van der Waals surface area contributed by atoms with Crippen LogP contribution in [0.25, 0.3) is 0 Å². The summed E-state index contributed by atoms with van der Waals surface area (Å²) in [6.45, 7) is 7.87. The largest absolute Gasteiger partial charge is 0.338 e. The molecule has 1 amide bonds. The van der Waals surface area contributed by atoms with E-state index >= 15 is 0 Å². The van der Waals surface area contributed by atoms with E-state index in [-0.39, 0.29) is 5.92 Å². The molecule has 0 aliphatic carbocycles. The molecule has 0 bridgehead atoms. The van der Waals surface area contributed by atoms with Gasteiger partial charge >= 0.3 is 0 Å². The van der Waals surface area contributed by atoms with Crippen LogP contribution >= 0.6 is 0 Å². The summed E-state index contributed by atoms with van der Waals surface area (Å²) >= 11 is 0.